The predicted molar refractivity (Wildman–Crippen MR) is 95.9 cm³/mol. The van der Waals surface area contributed by atoms with Crippen molar-refractivity contribution >= 4 is 11.8 Å². The highest BCUT2D eigenvalue weighted by atomic mass is 32.2. The molecule has 0 bridgehead atoms. The van der Waals surface area contributed by atoms with Gasteiger partial charge in [-0.15, -0.1) is 11.8 Å². The van der Waals surface area contributed by atoms with Crippen LogP contribution in [0.1, 0.15) is 56.2 Å². The Hall–Kier alpha value is -1.15. The molecule has 1 nitrogen and oxygen atoms in total. The molecule has 0 aromatic heterocycles. The van der Waals surface area contributed by atoms with Gasteiger partial charge in [-0.25, -0.2) is 0 Å². The Labute approximate surface area is 138 Å². The lowest BCUT2D eigenvalue weighted by Crippen LogP contribution is -2.32. The molecule has 1 fully saturated rings. The second-order valence-electron chi connectivity index (χ2n) is 7.04. The number of rotatable bonds is 4. The lowest BCUT2D eigenvalue weighted by molar-refractivity contribution is 0.287. The van der Waals surface area contributed by atoms with E-state index in [0.717, 1.165) is 17.9 Å². The third-order valence-corrected chi connectivity index (χ3v) is 6.41. The smallest absolute Gasteiger partial charge is 0.0733 e. The normalized spacial score (nSPS) is 29.8. The van der Waals surface area contributed by atoms with Crippen molar-refractivity contribution in [3.05, 3.63) is 58.1 Å². The van der Waals surface area contributed by atoms with Crippen molar-refractivity contribution in [2.45, 2.75) is 51.1 Å². The van der Waals surface area contributed by atoms with Gasteiger partial charge in [-0.1, -0.05) is 50.6 Å². The van der Waals surface area contributed by atoms with Crippen LogP contribution in [0.3, 0.4) is 0 Å². The van der Waals surface area contributed by atoms with E-state index in [1.54, 1.807) is 16.7 Å². The number of thioether (sulfide) groups is 1. The SMILES string of the molecule is CCC(C)CC1=CC2c3ccccc3C3CC3N2C=C1SC. The summed E-state index contributed by atoms with van der Waals surface area (Å²) in [6.45, 7) is 4.67. The number of allylic oxidation sites excluding steroid dienone is 1. The first-order valence-electron chi connectivity index (χ1n) is 8.56. The zero-order chi connectivity index (χ0) is 15.3. The van der Waals surface area contributed by atoms with Gasteiger partial charge in [-0.2, -0.15) is 0 Å². The summed E-state index contributed by atoms with van der Waals surface area (Å²) < 4.78 is 0. The molecule has 0 saturated heterocycles. The van der Waals surface area contributed by atoms with Gasteiger partial charge in [0.2, 0.25) is 0 Å². The van der Waals surface area contributed by atoms with Crippen LogP contribution in [0, 0.1) is 5.92 Å². The minimum Gasteiger partial charge on any atom is -0.362 e. The first-order valence-corrected chi connectivity index (χ1v) is 9.78. The molecular weight excluding hydrogens is 286 g/mol. The van der Waals surface area contributed by atoms with Crippen LogP contribution in [-0.2, 0) is 0 Å². The molecule has 2 heteroatoms. The molecule has 4 unspecified atom stereocenters. The van der Waals surface area contributed by atoms with Crippen molar-refractivity contribution in [3.8, 4) is 0 Å². The zero-order valence-corrected chi connectivity index (χ0v) is 14.6. The Morgan fingerprint density at radius 1 is 1.27 bits per heavy atom. The number of fused-ring (bicyclic) bond motifs is 6. The average Bonchev–Trinajstić information content (AvgIpc) is 3.35. The fraction of sp³-hybridized carbons (Fsp3) is 0.500. The van der Waals surface area contributed by atoms with Crippen molar-refractivity contribution in [1.82, 2.24) is 4.90 Å². The number of hydrogen-bond donors (Lipinski definition) is 0. The molecule has 116 valence electrons. The summed E-state index contributed by atoms with van der Waals surface area (Å²) in [5, 5.41) is 0. The zero-order valence-electron chi connectivity index (χ0n) is 13.8. The first-order chi connectivity index (χ1) is 10.7. The van der Waals surface area contributed by atoms with Crippen LogP contribution in [0.2, 0.25) is 0 Å². The summed E-state index contributed by atoms with van der Waals surface area (Å²) in [5.74, 6) is 1.54. The number of benzene rings is 1. The second kappa shape index (κ2) is 5.49. The van der Waals surface area contributed by atoms with Crippen molar-refractivity contribution in [1.29, 1.82) is 0 Å². The van der Waals surface area contributed by atoms with Crippen LogP contribution in [0.4, 0.5) is 0 Å². The van der Waals surface area contributed by atoms with Gasteiger partial charge in [0.25, 0.3) is 0 Å². The fourth-order valence-electron chi connectivity index (χ4n) is 4.05. The summed E-state index contributed by atoms with van der Waals surface area (Å²) in [6.07, 6.45) is 11.1. The number of nitrogens with zero attached hydrogens (tertiary/aromatic N) is 1. The van der Waals surface area contributed by atoms with Crippen LogP contribution in [-0.4, -0.2) is 17.2 Å². The van der Waals surface area contributed by atoms with E-state index in [4.69, 9.17) is 0 Å². The maximum atomic E-state index is 2.64. The minimum absolute atomic E-state index is 0.468. The van der Waals surface area contributed by atoms with Crippen LogP contribution in [0.5, 0.6) is 0 Å². The van der Waals surface area contributed by atoms with Gasteiger partial charge in [0, 0.05) is 23.1 Å². The monoisotopic (exact) mass is 311 g/mol. The molecule has 0 spiro atoms. The summed E-state index contributed by atoms with van der Waals surface area (Å²) in [6, 6.07) is 10.3. The molecule has 22 heavy (non-hydrogen) atoms. The van der Waals surface area contributed by atoms with E-state index in [9.17, 15) is 0 Å². The molecule has 4 rings (SSSR count). The van der Waals surface area contributed by atoms with Crippen molar-refractivity contribution in [3.63, 3.8) is 0 Å². The van der Waals surface area contributed by atoms with Crippen LogP contribution in [0.25, 0.3) is 0 Å². The van der Waals surface area contributed by atoms with Gasteiger partial charge in [-0.3, -0.25) is 0 Å². The van der Waals surface area contributed by atoms with Gasteiger partial charge < -0.3 is 4.90 Å². The molecule has 0 N–H and O–H groups in total. The molecule has 4 atom stereocenters. The maximum absolute atomic E-state index is 2.64. The summed E-state index contributed by atoms with van der Waals surface area (Å²) in [5.41, 5.74) is 4.71. The largest absolute Gasteiger partial charge is 0.362 e. The van der Waals surface area contributed by atoms with E-state index in [1.165, 1.54) is 24.2 Å². The molecule has 2 aliphatic heterocycles. The molecule has 0 radical (unpaired) electrons. The Morgan fingerprint density at radius 2 is 2.05 bits per heavy atom. The molecule has 3 aliphatic rings. The fourth-order valence-corrected chi connectivity index (χ4v) is 4.69. The summed E-state index contributed by atoms with van der Waals surface area (Å²) in [4.78, 5) is 4.13. The average molecular weight is 311 g/mol. The topological polar surface area (TPSA) is 3.24 Å². The van der Waals surface area contributed by atoms with Crippen LogP contribution < -0.4 is 0 Å². The lowest BCUT2D eigenvalue weighted by atomic mass is 9.87. The van der Waals surface area contributed by atoms with E-state index in [0.29, 0.717) is 6.04 Å². The second-order valence-corrected chi connectivity index (χ2v) is 7.89. The molecule has 0 amide bonds. The van der Waals surface area contributed by atoms with Crippen molar-refractivity contribution < 1.29 is 0 Å². The Kier molecular flexibility index (Phi) is 3.60. The maximum Gasteiger partial charge on any atom is 0.0733 e. The third-order valence-electron chi connectivity index (χ3n) is 5.60. The van der Waals surface area contributed by atoms with Crippen molar-refractivity contribution in [2.75, 3.05) is 6.26 Å². The highest BCUT2D eigenvalue weighted by Crippen LogP contribution is 2.56. The summed E-state index contributed by atoms with van der Waals surface area (Å²) in [7, 11) is 0. The van der Waals surface area contributed by atoms with Gasteiger partial charge in [0.15, 0.2) is 0 Å². The standard InChI is InChI=1S/C20H25NS/c1-4-13(2)9-14-10-18-16-8-6-5-7-15(16)17-11-19(17)21(18)12-20(14)22-3/h5-8,10,12-13,17-19H,4,9,11H2,1-3H3. The number of hydrogen-bond acceptors (Lipinski definition) is 2. The molecule has 1 saturated carbocycles. The van der Waals surface area contributed by atoms with Gasteiger partial charge in [0.1, 0.15) is 0 Å². The van der Waals surface area contributed by atoms with E-state index in [2.05, 4.69) is 61.5 Å². The van der Waals surface area contributed by atoms with Crippen LogP contribution >= 0.6 is 11.8 Å². The molecule has 1 aromatic rings. The van der Waals surface area contributed by atoms with Gasteiger partial charge in [-0.05, 0) is 41.7 Å². The minimum atomic E-state index is 0.468. The highest BCUT2D eigenvalue weighted by molar-refractivity contribution is 8.02. The van der Waals surface area contributed by atoms with E-state index in [1.807, 2.05) is 11.8 Å². The Balaban J connectivity index is 1.73. The van der Waals surface area contributed by atoms with Crippen LogP contribution in [0.15, 0.2) is 47.0 Å². The lowest BCUT2D eigenvalue weighted by Gasteiger charge is -2.39. The molecule has 1 aromatic carbocycles. The molecule has 2 heterocycles. The predicted octanol–water partition coefficient (Wildman–Crippen LogP) is 5.48. The molecule has 1 aliphatic carbocycles. The third kappa shape index (κ3) is 2.23. The van der Waals surface area contributed by atoms with E-state index in [-0.39, 0.29) is 0 Å². The van der Waals surface area contributed by atoms with E-state index < -0.39 is 0 Å². The highest BCUT2D eigenvalue weighted by Gasteiger charge is 2.50. The Morgan fingerprint density at radius 3 is 2.77 bits per heavy atom. The van der Waals surface area contributed by atoms with E-state index >= 15 is 0 Å². The van der Waals surface area contributed by atoms with Gasteiger partial charge >= 0.3 is 0 Å². The Bertz CT molecular complexity index is 645. The first kappa shape index (κ1) is 14.4. The quantitative estimate of drug-likeness (QED) is 0.724. The summed E-state index contributed by atoms with van der Waals surface area (Å²) >= 11 is 1.92. The van der Waals surface area contributed by atoms with Crippen molar-refractivity contribution in [2.24, 2.45) is 5.92 Å². The molecular formula is C20H25NS. The van der Waals surface area contributed by atoms with Gasteiger partial charge in [0.05, 0.1) is 6.04 Å².